The first-order chi connectivity index (χ1) is 15.7. The van der Waals surface area contributed by atoms with Gasteiger partial charge in [-0.05, 0) is 30.2 Å². The molecule has 2 atom stereocenters. The van der Waals surface area contributed by atoms with Crippen LogP contribution in [0, 0.1) is 5.92 Å². The molecule has 0 radical (unpaired) electrons. The van der Waals surface area contributed by atoms with Gasteiger partial charge < -0.3 is 9.88 Å². The number of H-pyrrole nitrogens is 1. The summed E-state index contributed by atoms with van der Waals surface area (Å²) in [6.45, 7) is 3.92. The number of carbonyl (C=O) groups is 1. The number of amidine groups is 1. The molecule has 1 amide bonds. The Labute approximate surface area is 191 Å². The number of amides is 1. The first kappa shape index (κ1) is 22.7. The number of hydrogen-bond donors (Lipinski definition) is 2. The van der Waals surface area contributed by atoms with E-state index in [0.717, 1.165) is 0 Å². The van der Waals surface area contributed by atoms with E-state index in [1.807, 2.05) is 13.8 Å². The second-order valence-corrected chi connectivity index (χ2v) is 9.78. The number of hydrogen-bond acceptors (Lipinski definition) is 6. The molecule has 0 aliphatic carbocycles. The number of rotatable bonds is 6. The predicted molar refractivity (Wildman–Crippen MR) is 125 cm³/mol. The molecule has 1 aliphatic rings. The highest BCUT2D eigenvalue weighted by molar-refractivity contribution is 7.90. The van der Waals surface area contributed by atoms with Gasteiger partial charge in [0.2, 0.25) is 5.91 Å². The van der Waals surface area contributed by atoms with Gasteiger partial charge in [0, 0.05) is 12.6 Å². The number of benzene rings is 2. The summed E-state index contributed by atoms with van der Waals surface area (Å²) in [5.41, 5.74) is 0.724. The van der Waals surface area contributed by atoms with E-state index in [1.165, 1.54) is 11.0 Å². The van der Waals surface area contributed by atoms with Crippen molar-refractivity contribution < 1.29 is 13.2 Å². The Morgan fingerprint density at radius 2 is 1.85 bits per heavy atom. The Kier molecular flexibility index (Phi) is 6.03. The number of aromatic nitrogens is 2. The molecule has 0 bridgehead atoms. The standard InChI is InChI=1S/C23H25N5O4S/c1-4-14(2)20(26-21-16-10-6-8-12-18(16)33(31,32)27-21)23(30)28(3)13-19-24-17-11-7-5-9-15(17)22(29)25-19/h5-12,14,20H,4,13H2,1-3H3,(H,26,27)(H,24,25,29). The lowest BCUT2D eigenvalue weighted by Crippen LogP contribution is -2.40. The van der Waals surface area contributed by atoms with Crippen molar-refractivity contribution in [1.82, 2.24) is 19.6 Å². The fraction of sp³-hybridized carbons (Fsp3) is 0.304. The molecule has 2 unspecified atom stereocenters. The molecule has 2 aromatic carbocycles. The van der Waals surface area contributed by atoms with E-state index >= 15 is 0 Å². The molecule has 1 aliphatic heterocycles. The Morgan fingerprint density at radius 3 is 2.61 bits per heavy atom. The first-order valence-corrected chi connectivity index (χ1v) is 12.1. The molecule has 33 heavy (non-hydrogen) atoms. The quantitative estimate of drug-likeness (QED) is 0.574. The van der Waals surface area contributed by atoms with Gasteiger partial charge in [0.05, 0.1) is 22.3 Å². The molecule has 3 aromatic rings. The Balaban J connectivity index is 1.64. The highest BCUT2D eigenvalue weighted by Crippen LogP contribution is 2.24. The van der Waals surface area contributed by atoms with E-state index in [4.69, 9.17) is 0 Å². The van der Waals surface area contributed by atoms with Gasteiger partial charge in [0.15, 0.2) is 0 Å². The molecule has 4 rings (SSSR count). The summed E-state index contributed by atoms with van der Waals surface area (Å²) in [7, 11) is -2.10. The summed E-state index contributed by atoms with van der Waals surface area (Å²) in [5, 5.41) is 0.478. The molecular weight excluding hydrogens is 442 g/mol. The smallest absolute Gasteiger partial charge is 0.263 e. The van der Waals surface area contributed by atoms with Crippen molar-refractivity contribution >= 4 is 32.7 Å². The zero-order valence-electron chi connectivity index (χ0n) is 18.6. The van der Waals surface area contributed by atoms with Crippen molar-refractivity contribution in [1.29, 1.82) is 0 Å². The molecule has 9 nitrogen and oxygen atoms in total. The third kappa shape index (κ3) is 4.38. The van der Waals surface area contributed by atoms with Gasteiger partial charge in [-0.1, -0.05) is 44.5 Å². The summed E-state index contributed by atoms with van der Waals surface area (Å²) in [5.74, 6) is 0.0801. The molecule has 2 N–H and O–H groups in total. The van der Waals surface area contributed by atoms with Crippen LogP contribution in [0.4, 0.5) is 0 Å². The number of aromatic amines is 1. The molecular formula is C23H25N5O4S. The van der Waals surface area contributed by atoms with Gasteiger partial charge in [-0.15, -0.1) is 0 Å². The van der Waals surface area contributed by atoms with Gasteiger partial charge in [-0.3, -0.25) is 19.3 Å². The van der Waals surface area contributed by atoms with Crippen LogP contribution in [-0.2, 0) is 21.4 Å². The van der Waals surface area contributed by atoms with E-state index in [9.17, 15) is 18.0 Å². The largest absolute Gasteiger partial charge is 0.336 e. The van der Waals surface area contributed by atoms with Crippen LogP contribution in [-0.4, -0.2) is 48.1 Å². The van der Waals surface area contributed by atoms with Crippen molar-refractivity contribution in [3.8, 4) is 0 Å². The van der Waals surface area contributed by atoms with Crippen LogP contribution < -0.4 is 10.3 Å². The number of aliphatic imine (C=N–C) groups is 1. The summed E-state index contributed by atoms with van der Waals surface area (Å²) < 4.78 is 27.3. The van der Waals surface area contributed by atoms with E-state index in [-0.39, 0.29) is 34.7 Å². The molecule has 0 spiro atoms. The minimum Gasteiger partial charge on any atom is -0.336 e. The molecule has 172 valence electrons. The topological polar surface area (TPSA) is 125 Å². The zero-order chi connectivity index (χ0) is 23.8. The minimum atomic E-state index is -3.71. The summed E-state index contributed by atoms with van der Waals surface area (Å²) in [4.78, 5) is 39.1. The van der Waals surface area contributed by atoms with Gasteiger partial charge in [-0.2, -0.15) is 0 Å². The highest BCUT2D eigenvalue weighted by atomic mass is 32.2. The van der Waals surface area contributed by atoms with Crippen molar-refractivity contribution in [2.45, 2.75) is 37.8 Å². The van der Waals surface area contributed by atoms with Crippen LogP contribution in [0.5, 0.6) is 0 Å². The third-order valence-corrected chi connectivity index (χ3v) is 7.19. The second-order valence-electron chi connectivity index (χ2n) is 8.13. The average Bonchev–Trinajstić information content (AvgIpc) is 3.06. The van der Waals surface area contributed by atoms with Gasteiger partial charge in [0.25, 0.3) is 15.6 Å². The van der Waals surface area contributed by atoms with Crippen molar-refractivity contribution in [3.63, 3.8) is 0 Å². The van der Waals surface area contributed by atoms with Crippen LogP contribution >= 0.6 is 0 Å². The number of nitrogens with one attached hydrogen (secondary N) is 2. The molecule has 0 fully saturated rings. The van der Waals surface area contributed by atoms with Crippen LogP contribution in [0.15, 0.2) is 63.2 Å². The maximum absolute atomic E-state index is 13.4. The SMILES string of the molecule is CCC(C)C(N=C1NS(=O)(=O)c2ccccc21)C(=O)N(C)Cc1nc2ccccc2c(=O)[nH]1. The number of sulfonamides is 1. The fourth-order valence-electron chi connectivity index (χ4n) is 3.76. The van der Waals surface area contributed by atoms with Crippen molar-refractivity contribution in [2.75, 3.05) is 7.05 Å². The summed E-state index contributed by atoms with van der Waals surface area (Å²) >= 11 is 0. The fourth-order valence-corrected chi connectivity index (χ4v) is 5.00. The van der Waals surface area contributed by atoms with Crippen LogP contribution in [0.25, 0.3) is 10.9 Å². The third-order valence-electron chi connectivity index (χ3n) is 5.79. The predicted octanol–water partition coefficient (Wildman–Crippen LogP) is 2.03. The number of likely N-dealkylation sites (N-methyl/N-ethyl adjacent to an activating group) is 1. The number of carbonyl (C=O) groups excluding carboxylic acids is 1. The zero-order valence-corrected chi connectivity index (χ0v) is 19.4. The first-order valence-electron chi connectivity index (χ1n) is 10.6. The van der Waals surface area contributed by atoms with Crippen LogP contribution in [0.2, 0.25) is 0 Å². The summed E-state index contributed by atoms with van der Waals surface area (Å²) in [6, 6.07) is 12.7. The van der Waals surface area contributed by atoms with Crippen molar-refractivity contribution in [2.24, 2.45) is 10.9 Å². The minimum absolute atomic E-state index is 0.0824. The monoisotopic (exact) mass is 467 g/mol. The molecule has 0 saturated heterocycles. The Hall–Kier alpha value is -3.53. The molecule has 2 heterocycles. The Morgan fingerprint density at radius 1 is 1.15 bits per heavy atom. The number of para-hydroxylation sites is 1. The van der Waals surface area contributed by atoms with Crippen LogP contribution in [0.1, 0.15) is 31.7 Å². The number of fused-ring (bicyclic) bond motifs is 2. The van der Waals surface area contributed by atoms with Gasteiger partial charge in [0.1, 0.15) is 17.7 Å². The van der Waals surface area contributed by atoms with Crippen molar-refractivity contribution in [3.05, 3.63) is 70.3 Å². The maximum Gasteiger partial charge on any atom is 0.263 e. The van der Waals surface area contributed by atoms with E-state index in [0.29, 0.717) is 28.7 Å². The lowest BCUT2D eigenvalue weighted by molar-refractivity contribution is -0.133. The Bertz CT molecular complexity index is 1410. The maximum atomic E-state index is 13.4. The van der Waals surface area contributed by atoms with E-state index < -0.39 is 16.1 Å². The molecule has 10 heteroatoms. The molecule has 0 saturated carbocycles. The average molecular weight is 468 g/mol. The van der Waals surface area contributed by atoms with E-state index in [2.05, 4.69) is 19.7 Å². The molecule has 1 aromatic heterocycles. The highest BCUT2D eigenvalue weighted by Gasteiger charge is 2.34. The lowest BCUT2D eigenvalue weighted by Gasteiger charge is -2.25. The second kappa shape index (κ2) is 8.78. The van der Waals surface area contributed by atoms with Gasteiger partial charge >= 0.3 is 0 Å². The van der Waals surface area contributed by atoms with Gasteiger partial charge in [-0.25, -0.2) is 13.4 Å². The number of nitrogens with zero attached hydrogens (tertiary/aromatic N) is 3. The normalized spacial score (nSPS) is 17.4. The summed E-state index contributed by atoms with van der Waals surface area (Å²) in [6.07, 6.45) is 0.667. The van der Waals surface area contributed by atoms with E-state index in [1.54, 1.807) is 49.5 Å². The lowest BCUT2D eigenvalue weighted by atomic mass is 9.98. The van der Waals surface area contributed by atoms with Crippen LogP contribution in [0.3, 0.4) is 0 Å².